The van der Waals surface area contributed by atoms with Crippen LogP contribution in [0.5, 0.6) is 0 Å². The van der Waals surface area contributed by atoms with E-state index in [2.05, 4.69) is 10.3 Å². The fraction of sp³-hybridized carbons (Fsp3) is 0. The van der Waals surface area contributed by atoms with E-state index in [0.717, 1.165) is 27.2 Å². The molecule has 100 valence electrons. The van der Waals surface area contributed by atoms with E-state index >= 15 is 0 Å². The van der Waals surface area contributed by atoms with Crippen LogP contribution in [0, 0.1) is 0 Å². The third kappa shape index (κ3) is 3.12. The molecule has 1 aliphatic rings. The van der Waals surface area contributed by atoms with E-state index in [-0.39, 0.29) is 5.24 Å². The monoisotopic (exact) mass is 320 g/mol. The van der Waals surface area contributed by atoms with Gasteiger partial charge in [-0.05, 0) is 53.5 Å². The molecule has 0 bridgehead atoms. The third-order valence-electron chi connectivity index (χ3n) is 2.54. The summed E-state index contributed by atoms with van der Waals surface area (Å²) in [7, 11) is 0. The minimum absolute atomic E-state index is 0.111. The highest BCUT2D eigenvalue weighted by Crippen LogP contribution is 2.29. The first kappa shape index (κ1) is 13.4. The van der Waals surface area contributed by atoms with Crippen molar-refractivity contribution in [1.29, 1.82) is 0 Å². The number of rotatable bonds is 2. The van der Waals surface area contributed by atoms with Crippen LogP contribution >= 0.6 is 34.7 Å². The molecule has 0 unspecified atom stereocenters. The number of amides is 1. The van der Waals surface area contributed by atoms with E-state index in [1.807, 2.05) is 35.7 Å². The van der Waals surface area contributed by atoms with Gasteiger partial charge in [0.05, 0.1) is 10.6 Å². The van der Waals surface area contributed by atoms with Crippen LogP contribution < -0.4 is 5.32 Å². The minimum atomic E-state index is -0.111. The Hall–Kier alpha value is -1.56. The van der Waals surface area contributed by atoms with Crippen LogP contribution in [0.3, 0.4) is 0 Å². The molecular weight excluding hydrogens is 312 g/mol. The van der Waals surface area contributed by atoms with Gasteiger partial charge in [-0.1, -0.05) is 17.7 Å². The van der Waals surface area contributed by atoms with Gasteiger partial charge < -0.3 is 5.32 Å². The van der Waals surface area contributed by atoms with Gasteiger partial charge in [0, 0.05) is 9.90 Å². The number of carbonyl (C=O) groups excluding carboxylic acids is 1. The van der Waals surface area contributed by atoms with E-state index in [0.29, 0.717) is 10.9 Å². The van der Waals surface area contributed by atoms with Crippen molar-refractivity contribution in [1.82, 2.24) is 5.32 Å². The Balaban J connectivity index is 1.94. The lowest BCUT2D eigenvalue weighted by atomic mass is 10.3. The van der Waals surface area contributed by atoms with Crippen LogP contribution in [-0.2, 0) is 0 Å². The molecule has 3 nitrogen and oxygen atoms in total. The van der Waals surface area contributed by atoms with Crippen LogP contribution in [0.2, 0.25) is 5.02 Å². The summed E-state index contributed by atoms with van der Waals surface area (Å²) in [5.41, 5.74) is 0.754. The second-order valence-corrected chi connectivity index (χ2v) is 6.41. The minimum Gasteiger partial charge on any atom is -0.300 e. The summed E-state index contributed by atoms with van der Waals surface area (Å²) in [6.07, 6.45) is 1.96. The zero-order chi connectivity index (χ0) is 13.9. The van der Waals surface area contributed by atoms with E-state index in [9.17, 15) is 4.79 Å². The van der Waals surface area contributed by atoms with Crippen molar-refractivity contribution in [2.45, 2.75) is 0 Å². The lowest BCUT2D eigenvalue weighted by Gasteiger charge is -1.99. The molecular formula is C14H9ClN2OS2. The molecule has 1 aliphatic heterocycles. The standard InChI is InChI=1S/C14H9ClN2OS2/c15-9-3-5-10(6-4-9)16-13-12(20-14(18)17-13)8-11-2-1-7-19-11/h1-8H,(H,16,17,18)/b12-8-. The van der Waals surface area contributed by atoms with Crippen molar-refractivity contribution in [2.75, 3.05) is 0 Å². The molecule has 1 aromatic heterocycles. The molecule has 0 radical (unpaired) electrons. The highest BCUT2D eigenvalue weighted by molar-refractivity contribution is 8.18. The number of aliphatic imine (C=N–C) groups is 1. The van der Waals surface area contributed by atoms with E-state index in [4.69, 9.17) is 11.6 Å². The Morgan fingerprint density at radius 1 is 1.20 bits per heavy atom. The van der Waals surface area contributed by atoms with Crippen molar-refractivity contribution in [2.24, 2.45) is 4.99 Å². The predicted octanol–water partition coefficient (Wildman–Crippen LogP) is 4.93. The number of thioether (sulfide) groups is 1. The molecule has 1 N–H and O–H groups in total. The maximum Gasteiger partial charge on any atom is 0.289 e. The fourth-order valence-electron chi connectivity index (χ4n) is 1.66. The van der Waals surface area contributed by atoms with E-state index in [1.54, 1.807) is 23.5 Å². The number of benzene rings is 1. The maximum absolute atomic E-state index is 11.5. The Morgan fingerprint density at radius 3 is 2.70 bits per heavy atom. The average Bonchev–Trinajstić information content (AvgIpc) is 3.03. The lowest BCUT2D eigenvalue weighted by Crippen LogP contribution is -2.18. The van der Waals surface area contributed by atoms with Crippen LogP contribution in [0.15, 0.2) is 51.7 Å². The first-order valence-corrected chi connectivity index (χ1v) is 7.87. The zero-order valence-corrected chi connectivity index (χ0v) is 12.6. The molecule has 1 saturated heterocycles. The maximum atomic E-state index is 11.5. The molecule has 1 fully saturated rings. The smallest absolute Gasteiger partial charge is 0.289 e. The van der Waals surface area contributed by atoms with Crippen molar-refractivity contribution < 1.29 is 4.79 Å². The molecule has 3 rings (SSSR count). The Labute approximate surface area is 129 Å². The van der Waals surface area contributed by atoms with Gasteiger partial charge in [0.25, 0.3) is 5.24 Å². The topological polar surface area (TPSA) is 41.5 Å². The highest BCUT2D eigenvalue weighted by atomic mass is 35.5. The fourth-order valence-corrected chi connectivity index (χ4v) is 3.24. The van der Waals surface area contributed by atoms with Gasteiger partial charge in [0.15, 0.2) is 0 Å². The Kier molecular flexibility index (Phi) is 3.91. The van der Waals surface area contributed by atoms with E-state index < -0.39 is 0 Å². The first-order valence-electron chi connectivity index (χ1n) is 5.79. The van der Waals surface area contributed by atoms with Gasteiger partial charge in [0.1, 0.15) is 5.84 Å². The van der Waals surface area contributed by atoms with Crippen molar-refractivity contribution in [3.8, 4) is 0 Å². The van der Waals surface area contributed by atoms with Crippen LogP contribution in [0.1, 0.15) is 4.88 Å². The van der Waals surface area contributed by atoms with Crippen molar-refractivity contribution in [3.63, 3.8) is 0 Å². The summed E-state index contributed by atoms with van der Waals surface area (Å²) in [6, 6.07) is 11.1. The normalized spacial score (nSPS) is 18.8. The summed E-state index contributed by atoms with van der Waals surface area (Å²) >= 11 is 8.62. The largest absolute Gasteiger partial charge is 0.300 e. The molecule has 2 aromatic rings. The summed E-state index contributed by atoms with van der Waals surface area (Å²) < 4.78 is 0. The second-order valence-electron chi connectivity index (χ2n) is 3.98. The van der Waals surface area contributed by atoms with Gasteiger partial charge in [-0.2, -0.15) is 0 Å². The predicted molar refractivity (Wildman–Crippen MR) is 87.0 cm³/mol. The number of thiophene rings is 1. The van der Waals surface area contributed by atoms with Gasteiger partial charge in [-0.3, -0.25) is 4.79 Å². The number of hydrogen-bond donors (Lipinski definition) is 1. The zero-order valence-electron chi connectivity index (χ0n) is 10.2. The van der Waals surface area contributed by atoms with Gasteiger partial charge in [-0.25, -0.2) is 4.99 Å². The molecule has 2 heterocycles. The molecule has 0 atom stereocenters. The summed E-state index contributed by atoms with van der Waals surface area (Å²) in [5, 5.41) is 5.30. The summed E-state index contributed by atoms with van der Waals surface area (Å²) in [4.78, 5) is 17.9. The molecule has 20 heavy (non-hydrogen) atoms. The second kappa shape index (κ2) is 5.83. The first-order chi connectivity index (χ1) is 9.70. The lowest BCUT2D eigenvalue weighted by molar-refractivity contribution is 0.265. The van der Waals surface area contributed by atoms with Gasteiger partial charge >= 0.3 is 0 Å². The van der Waals surface area contributed by atoms with Crippen molar-refractivity contribution >= 4 is 57.5 Å². The molecule has 0 saturated carbocycles. The number of carbonyl (C=O) groups is 1. The number of hydrogen-bond acceptors (Lipinski definition) is 4. The molecule has 1 aromatic carbocycles. The SMILES string of the molecule is O=C1NC(=Nc2ccc(Cl)cc2)/C(=C/c2cccs2)S1. The van der Waals surface area contributed by atoms with Crippen LogP contribution in [0.25, 0.3) is 6.08 Å². The van der Waals surface area contributed by atoms with Crippen LogP contribution in [0.4, 0.5) is 10.5 Å². The Morgan fingerprint density at radius 2 is 2.00 bits per heavy atom. The molecule has 0 aliphatic carbocycles. The molecule has 1 amide bonds. The number of nitrogens with one attached hydrogen (secondary N) is 1. The number of halogens is 1. The molecule has 0 spiro atoms. The number of nitrogens with zero attached hydrogens (tertiary/aromatic N) is 1. The van der Waals surface area contributed by atoms with Gasteiger partial charge in [0.2, 0.25) is 0 Å². The van der Waals surface area contributed by atoms with Gasteiger partial charge in [-0.15, -0.1) is 11.3 Å². The Bertz CT molecular complexity index is 690. The van der Waals surface area contributed by atoms with Crippen molar-refractivity contribution in [3.05, 3.63) is 56.6 Å². The third-order valence-corrected chi connectivity index (χ3v) is 4.43. The van der Waals surface area contributed by atoms with E-state index in [1.165, 1.54) is 0 Å². The average molecular weight is 321 g/mol. The summed E-state index contributed by atoms with van der Waals surface area (Å²) in [6.45, 7) is 0. The summed E-state index contributed by atoms with van der Waals surface area (Å²) in [5.74, 6) is 0.579. The van der Waals surface area contributed by atoms with Crippen LogP contribution in [-0.4, -0.2) is 11.1 Å². The quantitative estimate of drug-likeness (QED) is 0.852. The number of amidine groups is 1. The molecule has 6 heteroatoms. The highest BCUT2D eigenvalue weighted by Gasteiger charge is 2.23.